The quantitative estimate of drug-likeness (QED) is 0.860. The van der Waals surface area contributed by atoms with Gasteiger partial charge in [-0.3, -0.25) is 0 Å². The zero-order chi connectivity index (χ0) is 15.0. The van der Waals surface area contributed by atoms with E-state index in [2.05, 4.69) is 36.5 Å². The minimum absolute atomic E-state index is 0.318. The highest BCUT2D eigenvalue weighted by Crippen LogP contribution is 2.40. The van der Waals surface area contributed by atoms with E-state index in [1.165, 1.54) is 6.07 Å². The van der Waals surface area contributed by atoms with Crippen molar-refractivity contribution in [2.75, 3.05) is 17.7 Å². The van der Waals surface area contributed by atoms with Crippen LogP contribution in [-0.4, -0.2) is 17.0 Å². The largest absolute Gasteiger partial charge is 0.373 e. The standard InChI is InChI=1S/C15H16BrFN4/c1-8-13(18-2)20-15(9-3-4-9)21-14(8)19-12-6-5-10(16)7-11(12)17/h5-7,9H,3-4H2,1-2H3,(H2,18,19,20,21). The second-order valence-corrected chi connectivity index (χ2v) is 6.09. The SMILES string of the molecule is CNc1nc(C2CC2)nc(Nc2ccc(Br)cc2F)c1C. The molecule has 0 saturated heterocycles. The summed E-state index contributed by atoms with van der Waals surface area (Å²) in [6, 6.07) is 4.92. The number of hydrogen-bond acceptors (Lipinski definition) is 4. The highest BCUT2D eigenvalue weighted by atomic mass is 79.9. The molecule has 3 rings (SSSR count). The molecule has 1 aliphatic carbocycles. The smallest absolute Gasteiger partial charge is 0.147 e. The van der Waals surface area contributed by atoms with Crippen LogP contribution in [0.5, 0.6) is 0 Å². The molecule has 1 heterocycles. The Bertz CT molecular complexity index is 686. The fraction of sp³-hybridized carbons (Fsp3) is 0.333. The molecule has 110 valence electrons. The van der Waals surface area contributed by atoms with Crippen LogP contribution in [-0.2, 0) is 0 Å². The first-order chi connectivity index (χ1) is 10.1. The van der Waals surface area contributed by atoms with E-state index in [4.69, 9.17) is 0 Å². The number of aromatic nitrogens is 2. The van der Waals surface area contributed by atoms with Crippen molar-refractivity contribution < 1.29 is 4.39 Å². The van der Waals surface area contributed by atoms with Gasteiger partial charge in [-0.25, -0.2) is 14.4 Å². The van der Waals surface area contributed by atoms with Crippen molar-refractivity contribution in [2.45, 2.75) is 25.7 Å². The fourth-order valence-corrected chi connectivity index (χ4v) is 2.47. The summed E-state index contributed by atoms with van der Waals surface area (Å²) in [5, 5.41) is 6.15. The Morgan fingerprint density at radius 1 is 1.24 bits per heavy atom. The van der Waals surface area contributed by atoms with Crippen LogP contribution >= 0.6 is 15.9 Å². The Kier molecular flexibility index (Phi) is 3.80. The maximum Gasteiger partial charge on any atom is 0.147 e. The van der Waals surface area contributed by atoms with E-state index >= 15 is 0 Å². The number of benzene rings is 1. The van der Waals surface area contributed by atoms with E-state index in [-0.39, 0.29) is 5.82 Å². The Morgan fingerprint density at radius 2 is 1.95 bits per heavy atom. The molecule has 0 radical (unpaired) electrons. The number of nitrogens with zero attached hydrogens (tertiary/aromatic N) is 2. The topological polar surface area (TPSA) is 49.8 Å². The molecule has 0 amide bonds. The van der Waals surface area contributed by atoms with Crippen molar-refractivity contribution in [1.82, 2.24) is 9.97 Å². The normalized spacial score (nSPS) is 14.1. The van der Waals surface area contributed by atoms with Gasteiger partial charge < -0.3 is 10.6 Å². The van der Waals surface area contributed by atoms with Crippen LogP contribution in [0.3, 0.4) is 0 Å². The first-order valence-corrected chi connectivity index (χ1v) is 7.66. The number of anilines is 3. The molecule has 6 heteroatoms. The predicted octanol–water partition coefficient (Wildman–Crippen LogP) is 4.35. The van der Waals surface area contributed by atoms with Gasteiger partial charge >= 0.3 is 0 Å². The summed E-state index contributed by atoms with van der Waals surface area (Å²) in [7, 11) is 1.83. The summed E-state index contributed by atoms with van der Waals surface area (Å²) in [5.74, 6) is 2.38. The number of halogens is 2. The molecule has 0 aliphatic heterocycles. The van der Waals surface area contributed by atoms with Gasteiger partial charge in [0.05, 0.1) is 5.69 Å². The maximum atomic E-state index is 14.0. The molecule has 1 aromatic carbocycles. The molecule has 1 fully saturated rings. The third-order valence-electron chi connectivity index (χ3n) is 3.53. The van der Waals surface area contributed by atoms with Gasteiger partial charge in [0.15, 0.2) is 0 Å². The first kappa shape index (κ1) is 14.3. The van der Waals surface area contributed by atoms with E-state index < -0.39 is 0 Å². The average Bonchev–Trinajstić information content (AvgIpc) is 3.28. The molecule has 1 aromatic heterocycles. The van der Waals surface area contributed by atoms with Gasteiger partial charge in [0, 0.05) is 23.0 Å². The second kappa shape index (κ2) is 5.60. The molecule has 21 heavy (non-hydrogen) atoms. The lowest BCUT2D eigenvalue weighted by molar-refractivity contribution is 0.631. The van der Waals surface area contributed by atoms with Crippen molar-refractivity contribution in [3.8, 4) is 0 Å². The molecule has 4 nitrogen and oxygen atoms in total. The molecule has 0 spiro atoms. The summed E-state index contributed by atoms with van der Waals surface area (Å²) in [5.41, 5.74) is 1.29. The third-order valence-corrected chi connectivity index (χ3v) is 4.02. The molecule has 1 saturated carbocycles. The lowest BCUT2D eigenvalue weighted by Gasteiger charge is -2.14. The molecule has 2 aromatic rings. The van der Waals surface area contributed by atoms with Crippen LogP contribution < -0.4 is 10.6 Å². The van der Waals surface area contributed by atoms with Gasteiger partial charge in [-0.05, 0) is 38.0 Å². The maximum absolute atomic E-state index is 14.0. The summed E-state index contributed by atoms with van der Waals surface area (Å²) in [6.07, 6.45) is 2.25. The van der Waals surface area contributed by atoms with E-state index in [1.54, 1.807) is 12.1 Å². The van der Waals surface area contributed by atoms with E-state index in [0.29, 0.717) is 21.9 Å². The molecular formula is C15H16BrFN4. The third kappa shape index (κ3) is 3.00. The molecule has 0 atom stereocenters. The van der Waals surface area contributed by atoms with Crippen LogP contribution in [0.4, 0.5) is 21.7 Å². The van der Waals surface area contributed by atoms with Crippen LogP contribution in [0.2, 0.25) is 0 Å². The molecule has 1 aliphatic rings. The van der Waals surface area contributed by atoms with Gasteiger partial charge in [-0.1, -0.05) is 15.9 Å². The molecular weight excluding hydrogens is 335 g/mol. The molecule has 0 unspecified atom stereocenters. The fourth-order valence-electron chi connectivity index (χ4n) is 2.14. The van der Waals surface area contributed by atoms with Crippen molar-refractivity contribution in [2.24, 2.45) is 0 Å². The highest BCUT2D eigenvalue weighted by Gasteiger charge is 2.28. The lowest BCUT2D eigenvalue weighted by atomic mass is 10.2. The van der Waals surface area contributed by atoms with Gasteiger partial charge in [0.2, 0.25) is 0 Å². The Morgan fingerprint density at radius 3 is 2.57 bits per heavy atom. The minimum atomic E-state index is -0.318. The lowest BCUT2D eigenvalue weighted by Crippen LogP contribution is -2.07. The van der Waals surface area contributed by atoms with E-state index in [1.807, 2.05) is 14.0 Å². The highest BCUT2D eigenvalue weighted by molar-refractivity contribution is 9.10. The summed E-state index contributed by atoms with van der Waals surface area (Å²) in [4.78, 5) is 9.09. The monoisotopic (exact) mass is 350 g/mol. The summed E-state index contributed by atoms with van der Waals surface area (Å²) >= 11 is 3.25. The zero-order valence-corrected chi connectivity index (χ0v) is 13.5. The summed E-state index contributed by atoms with van der Waals surface area (Å²) in [6.45, 7) is 1.92. The van der Waals surface area contributed by atoms with Crippen LogP contribution in [0.15, 0.2) is 22.7 Å². The van der Waals surface area contributed by atoms with Crippen molar-refractivity contribution in [1.29, 1.82) is 0 Å². The van der Waals surface area contributed by atoms with Gasteiger partial charge in [0.25, 0.3) is 0 Å². The summed E-state index contributed by atoms with van der Waals surface area (Å²) < 4.78 is 14.7. The number of rotatable bonds is 4. The van der Waals surface area contributed by atoms with Gasteiger partial charge in [0.1, 0.15) is 23.3 Å². The zero-order valence-electron chi connectivity index (χ0n) is 11.9. The van der Waals surface area contributed by atoms with E-state index in [0.717, 1.165) is 30.0 Å². The molecule has 0 bridgehead atoms. The predicted molar refractivity (Wildman–Crippen MR) is 85.7 cm³/mol. The van der Waals surface area contributed by atoms with Crippen LogP contribution in [0.25, 0.3) is 0 Å². The minimum Gasteiger partial charge on any atom is -0.373 e. The van der Waals surface area contributed by atoms with Crippen LogP contribution in [0, 0.1) is 12.7 Å². The Hall–Kier alpha value is -1.69. The second-order valence-electron chi connectivity index (χ2n) is 5.18. The Labute approximate surface area is 131 Å². The van der Waals surface area contributed by atoms with Crippen molar-refractivity contribution in [3.63, 3.8) is 0 Å². The first-order valence-electron chi connectivity index (χ1n) is 6.87. The number of nitrogens with one attached hydrogen (secondary N) is 2. The number of hydrogen-bond donors (Lipinski definition) is 2. The van der Waals surface area contributed by atoms with Crippen molar-refractivity contribution in [3.05, 3.63) is 39.9 Å². The Balaban J connectivity index is 1.98. The van der Waals surface area contributed by atoms with Gasteiger partial charge in [-0.2, -0.15) is 0 Å². The van der Waals surface area contributed by atoms with Crippen molar-refractivity contribution >= 4 is 33.3 Å². The van der Waals surface area contributed by atoms with Gasteiger partial charge in [-0.15, -0.1) is 0 Å². The van der Waals surface area contributed by atoms with E-state index in [9.17, 15) is 4.39 Å². The van der Waals surface area contributed by atoms with Crippen LogP contribution in [0.1, 0.15) is 30.1 Å². The molecule has 2 N–H and O–H groups in total. The average molecular weight is 351 g/mol.